The van der Waals surface area contributed by atoms with E-state index >= 15 is 0 Å². The quantitative estimate of drug-likeness (QED) is 0.725. The van der Waals surface area contributed by atoms with Crippen molar-refractivity contribution in [3.05, 3.63) is 23.8 Å². The Bertz CT molecular complexity index is 285. The van der Waals surface area contributed by atoms with Gasteiger partial charge in [-0.3, -0.25) is 0 Å². The molecule has 0 unspecified atom stereocenters. The van der Waals surface area contributed by atoms with E-state index in [1.165, 1.54) is 7.11 Å². The molecule has 0 radical (unpaired) electrons. The number of aliphatic hydroxyl groups excluding tert-OH is 2. The van der Waals surface area contributed by atoms with Gasteiger partial charge in [0.2, 0.25) is 0 Å². The van der Waals surface area contributed by atoms with Gasteiger partial charge >= 0.3 is 0 Å². The number of rotatable bonds is 5. The van der Waals surface area contributed by atoms with E-state index in [0.29, 0.717) is 11.5 Å². The molecule has 0 aromatic heterocycles. The molecule has 0 atom stereocenters. The van der Waals surface area contributed by atoms with Crippen molar-refractivity contribution >= 4 is 0 Å². The third-order valence-electron chi connectivity index (χ3n) is 1.76. The van der Waals surface area contributed by atoms with Gasteiger partial charge in [-0.25, -0.2) is 0 Å². The highest BCUT2D eigenvalue weighted by Crippen LogP contribution is 2.27. The second-order valence-corrected chi connectivity index (χ2v) is 2.72. The highest BCUT2D eigenvalue weighted by Gasteiger charge is 2.04. The molecular formula is C10H14O4. The summed E-state index contributed by atoms with van der Waals surface area (Å²) >= 11 is 0. The van der Waals surface area contributed by atoms with Gasteiger partial charge < -0.3 is 19.7 Å². The first kappa shape index (κ1) is 10.8. The molecule has 2 N–H and O–H groups in total. The normalized spacial score (nSPS) is 9.93. The van der Waals surface area contributed by atoms with E-state index in [9.17, 15) is 0 Å². The maximum absolute atomic E-state index is 8.89. The van der Waals surface area contributed by atoms with E-state index in [2.05, 4.69) is 0 Å². The lowest BCUT2D eigenvalue weighted by atomic mass is 10.2. The Balaban J connectivity index is 2.82. The topological polar surface area (TPSA) is 58.9 Å². The van der Waals surface area contributed by atoms with Crippen molar-refractivity contribution in [1.82, 2.24) is 0 Å². The van der Waals surface area contributed by atoms with Gasteiger partial charge in [0.05, 0.1) is 20.3 Å². The van der Waals surface area contributed by atoms with Gasteiger partial charge in [0, 0.05) is 0 Å². The first-order valence-electron chi connectivity index (χ1n) is 4.33. The second-order valence-electron chi connectivity index (χ2n) is 2.72. The minimum Gasteiger partial charge on any atom is -0.493 e. The largest absolute Gasteiger partial charge is 0.493 e. The SMILES string of the molecule is COc1cc(CO)ccc1OCCO. The van der Waals surface area contributed by atoms with Gasteiger partial charge in [-0.1, -0.05) is 6.07 Å². The smallest absolute Gasteiger partial charge is 0.161 e. The van der Waals surface area contributed by atoms with Crippen LogP contribution < -0.4 is 9.47 Å². The average molecular weight is 198 g/mol. The van der Waals surface area contributed by atoms with Crippen LogP contribution in [0.25, 0.3) is 0 Å². The highest BCUT2D eigenvalue weighted by atomic mass is 16.5. The molecule has 0 aliphatic carbocycles. The molecule has 0 bridgehead atoms. The molecule has 0 aliphatic heterocycles. The van der Waals surface area contributed by atoms with Crippen LogP contribution in [0.1, 0.15) is 5.56 Å². The zero-order chi connectivity index (χ0) is 10.4. The third-order valence-corrected chi connectivity index (χ3v) is 1.76. The Morgan fingerprint density at radius 1 is 1.21 bits per heavy atom. The van der Waals surface area contributed by atoms with Crippen LogP contribution in [0.2, 0.25) is 0 Å². The standard InChI is InChI=1S/C10H14O4/c1-13-10-6-8(7-12)2-3-9(10)14-5-4-11/h2-3,6,11-12H,4-5,7H2,1H3. The molecule has 4 heteroatoms. The monoisotopic (exact) mass is 198 g/mol. The molecule has 1 rings (SSSR count). The Kier molecular flexibility index (Phi) is 4.22. The summed E-state index contributed by atoms with van der Waals surface area (Å²) in [7, 11) is 1.53. The number of aliphatic hydroxyl groups is 2. The molecule has 0 saturated carbocycles. The van der Waals surface area contributed by atoms with Crippen LogP contribution in [0.3, 0.4) is 0 Å². The first-order valence-corrected chi connectivity index (χ1v) is 4.33. The number of hydrogen-bond acceptors (Lipinski definition) is 4. The van der Waals surface area contributed by atoms with E-state index in [1.54, 1.807) is 18.2 Å². The third kappa shape index (κ3) is 2.61. The summed E-state index contributed by atoms with van der Waals surface area (Å²) in [5.41, 5.74) is 0.762. The molecule has 0 saturated heterocycles. The molecule has 78 valence electrons. The molecule has 0 fully saturated rings. The second kappa shape index (κ2) is 5.47. The van der Waals surface area contributed by atoms with Crippen molar-refractivity contribution < 1.29 is 19.7 Å². The fourth-order valence-electron chi connectivity index (χ4n) is 1.09. The maximum Gasteiger partial charge on any atom is 0.161 e. The predicted octanol–water partition coefficient (Wildman–Crippen LogP) is 0.559. The van der Waals surface area contributed by atoms with Gasteiger partial charge in [-0.2, -0.15) is 0 Å². The molecule has 1 aromatic carbocycles. The fourth-order valence-corrected chi connectivity index (χ4v) is 1.09. The zero-order valence-electron chi connectivity index (χ0n) is 8.06. The van der Waals surface area contributed by atoms with Crippen LogP contribution >= 0.6 is 0 Å². The number of ether oxygens (including phenoxy) is 2. The minimum atomic E-state index is -0.0368. The molecule has 1 aromatic rings. The van der Waals surface area contributed by atoms with E-state index in [0.717, 1.165) is 5.56 Å². The lowest BCUT2D eigenvalue weighted by molar-refractivity contribution is 0.196. The predicted molar refractivity (Wildman–Crippen MR) is 51.5 cm³/mol. The summed E-state index contributed by atoms with van der Waals surface area (Å²) in [6.07, 6.45) is 0. The average Bonchev–Trinajstić information content (AvgIpc) is 2.26. The summed E-state index contributed by atoms with van der Waals surface area (Å²) in [6, 6.07) is 5.15. The van der Waals surface area contributed by atoms with Gasteiger partial charge in [-0.05, 0) is 17.7 Å². The summed E-state index contributed by atoms with van der Waals surface area (Å²) in [5, 5.41) is 17.5. The van der Waals surface area contributed by atoms with Crippen molar-refractivity contribution in [2.24, 2.45) is 0 Å². The molecule has 0 heterocycles. The Labute approximate surface area is 82.7 Å². The van der Waals surface area contributed by atoms with Crippen LogP contribution in [-0.2, 0) is 6.61 Å². The van der Waals surface area contributed by atoms with Gasteiger partial charge in [0.1, 0.15) is 6.61 Å². The molecule has 0 aliphatic rings. The minimum absolute atomic E-state index is 0.0311. The summed E-state index contributed by atoms with van der Waals surface area (Å²) in [5.74, 6) is 1.13. The van der Waals surface area contributed by atoms with Crippen molar-refractivity contribution in [3.63, 3.8) is 0 Å². The van der Waals surface area contributed by atoms with E-state index in [1.807, 2.05) is 0 Å². The van der Waals surface area contributed by atoms with Crippen LogP contribution in [0.15, 0.2) is 18.2 Å². The lowest BCUT2D eigenvalue weighted by Crippen LogP contribution is -2.03. The number of methoxy groups -OCH3 is 1. The Hall–Kier alpha value is -1.26. The van der Waals surface area contributed by atoms with Crippen LogP contribution in [0.4, 0.5) is 0 Å². The van der Waals surface area contributed by atoms with Crippen molar-refractivity contribution in [2.45, 2.75) is 6.61 Å². The van der Waals surface area contributed by atoms with Crippen LogP contribution in [0.5, 0.6) is 11.5 Å². The van der Waals surface area contributed by atoms with E-state index in [-0.39, 0.29) is 19.8 Å². The molecule has 14 heavy (non-hydrogen) atoms. The summed E-state index contributed by atoms with van der Waals surface area (Å²) in [6.45, 7) is 0.163. The number of hydrogen-bond donors (Lipinski definition) is 2. The summed E-state index contributed by atoms with van der Waals surface area (Å²) < 4.78 is 10.3. The molecule has 0 spiro atoms. The van der Waals surface area contributed by atoms with Crippen LogP contribution in [0, 0.1) is 0 Å². The van der Waals surface area contributed by atoms with Gasteiger partial charge in [0.25, 0.3) is 0 Å². The fraction of sp³-hybridized carbons (Fsp3) is 0.400. The Morgan fingerprint density at radius 2 is 2.00 bits per heavy atom. The Morgan fingerprint density at radius 3 is 2.57 bits per heavy atom. The van der Waals surface area contributed by atoms with E-state index < -0.39 is 0 Å². The van der Waals surface area contributed by atoms with E-state index in [4.69, 9.17) is 19.7 Å². The van der Waals surface area contributed by atoms with Crippen molar-refractivity contribution in [3.8, 4) is 11.5 Å². The molecule has 0 amide bonds. The van der Waals surface area contributed by atoms with Crippen LogP contribution in [-0.4, -0.2) is 30.5 Å². The van der Waals surface area contributed by atoms with Gasteiger partial charge in [-0.15, -0.1) is 0 Å². The zero-order valence-corrected chi connectivity index (χ0v) is 8.06. The molecule has 4 nitrogen and oxygen atoms in total. The highest BCUT2D eigenvalue weighted by molar-refractivity contribution is 5.42. The van der Waals surface area contributed by atoms with Crippen molar-refractivity contribution in [1.29, 1.82) is 0 Å². The molecular weight excluding hydrogens is 184 g/mol. The lowest BCUT2D eigenvalue weighted by Gasteiger charge is -2.10. The maximum atomic E-state index is 8.89. The first-order chi connectivity index (χ1) is 6.81. The summed E-state index contributed by atoms with van der Waals surface area (Å²) in [4.78, 5) is 0. The number of benzene rings is 1. The van der Waals surface area contributed by atoms with Crippen molar-refractivity contribution in [2.75, 3.05) is 20.3 Å². The van der Waals surface area contributed by atoms with Gasteiger partial charge in [0.15, 0.2) is 11.5 Å².